The molecule has 0 fully saturated rings. The zero-order valence-electron chi connectivity index (χ0n) is 12.7. The summed E-state index contributed by atoms with van der Waals surface area (Å²) in [5, 5.41) is 0. The first-order valence-electron chi connectivity index (χ1n) is 7.16. The van der Waals surface area contributed by atoms with Crippen molar-refractivity contribution in [2.75, 3.05) is 25.7 Å². The number of rotatable bonds is 1. The molecule has 1 atom stereocenters. The van der Waals surface area contributed by atoms with Crippen molar-refractivity contribution in [3.63, 3.8) is 0 Å². The molecule has 0 radical (unpaired) electrons. The molecule has 1 aromatic rings. The maximum Gasteiger partial charge on any atom is 0.413 e. The fourth-order valence-corrected chi connectivity index (χ4v) is 3.28. The molecule has 1 aliphatic carbocycles. The lowest BCUT2D eigenvalue weighted by molar-refractivity contribution is 0.180. The molecule has 1 amide bonds. The Morgan fingerprint density at radius 2 is 2.29 bits per heavy atom. The van der Waals surface area contributed by atoms with Crippen molar-refractivity contribution in [2.24, 2.45) is 4.99 Å². The predicted octanol–water partition coefficient (Wildman–Crippen LogP) is 2.57. The molecule has 3 rings (SSSR count). The number of hydrogen-bond donors (Lipinski definition) is 0. The second-order valence-electron chi connectivity index (χ2n) is 5.76. The van der Waals surface area contributed by atoms with E-state index in [4.69, 9.17) is 14.5 Å². The highest BCUT2D eigenvalue weighted by molar-refractivity contribution is 5.88. The summed E-state index contributed by atoms with van der Waals surface area (Å²) in [7, 11) is 3.14. The Hall–Kier alpha value is -2.04. The summed E-state index contributed by atoms with van der Waals surface area (Å²) in [6.07, 6.45) is 2.36. The van der Waals surface area contributed by atoms with E-state index in [2.05, 4.69) is 6.07 Å². The molecule has 0 aromatic heterocycles. The van der Waals surface area contributed by atoms with Crippen LogP contribution in [0.5, 0.6) is 0 Å². The third-order valence-electron chi connectivity index (χ3n) is 4.36. The minimum absolute atomic E-state index is 0.112. The molecule has 1 aromatic carbocycles. The van der Waals surface area contributed by atoms with Gasteiger partial charge in [0.05, 0.1) is 12.8 Å². The van der Waals surface area contributed by atoms with Crippen molar-refractivity contribution in [3.8, 4) is 0 Å². The number of carbonyl (C=O) groups excluding carboxylic acids is 1. The number of hydrogen-bond acceptors (Lipinski definition) is 4. The molecule has 1 spiro atoms. The van der Waals surface area contributed by atoms with Gasteiger partial charge in [-0.15, -0.1) is 0 Å². The van der Waals surface area contributed by atoms with Crippen LogP contribution in [0.15, 0.2) is 23.2 Å². The molecule has 0 N–H and O–H groups in total. The largest absolute Gasteiger partial charge is 0.479 e. The van der Waals surface area contributed by atoms with E-state index in [0.29, 0.717) is 6.61 Å². The summed E-state index contributed by atoms with van der Waals surface area (Å²) in [5.74, 6) is 0.779. The van der Waals surface area contributed by atoms with Crippen LogP contribution < -0.4 is 4.90 Å². The molecule has 0 saturated carbocycles. The molecule has 5 heteroatoms. The lowest BCUT2D eigenvalue weighted by Crippen LogP contribution is -2.36. The molecule has 5 nitrogen and oxygen atoms in total. The van der Waals surface area contributed by atoms with Crippen molar-refractivity contribution in [2.45, 2.75) is 31.7 Å². The summed E-state index contributed by atoms with van der Waals surface area (Å²) in [6, 6.07) is 6.07. The van der Waals surface area contributed by atoms with Crippen LogP contribution in [0.1, 0.15) is 24.5 Å². The van der Waals surface area contributed by atoms with Gasteiger partial charge >= 0.3 is 6.09 Å². The second kappa shape index (κ2) is 5.06. The Bertz CT molecular complexity index is 612. The van der Waals surface area contributed by atoms with Crippen molar-refractivity contribution >= 4 is 17.7 Å². The van der Waals surface area contributed by atoms with E-state index in [1.807, 2.05) is 19.1 Å². The quantitative estimate of drug-likeness (QED) is 0.798. The topological polar surface area (TPSA) is 51.1 Å². The predicted molar refractivity (Wildman–Crippen MR) is 81.1 cm³/mol. The van der Waals surface area contributed by atoms with Crippen molar-refractivity contribution in [1.82, 2.24) is 0 Å². The van der Waals surface area contributed by atoms with Gasteiger partial charge in [-0.3, -0.25) is 4.90 Å². The summed E-state index contributed by atoms with van der Waals surface area (Å²) >= 11 is 0. The SMILES string of the molecule is COC(=O)N(C)c1cccc2c1CCC1(COC(C)=N1)C2. The first-order valence-corrected chi connectivity index (χ1v) is 7.16. The molecule has 0 saturated heterocycles. The van der Waals surface area contributed by atoms with Gasteiger partial charge in [-0.05, 0) is 30.0 Å². The van der Waals surface area contributed by atoms with Gasteiger partial charge in [-0.1, -0.05) is 12.1 Å². The molecular formula is C16H20N2O3. The Morgan fingerprint density at radius 3 is 2.95 bits per heavy atom. The van der Waals surface area contributed by atoms with E-state index in [0.717, 1.165) is 30.8 Å². The van der Waals surface area contributed by atoms with Gasteiger partial charge < -0.3 is 9.47 Å². The zero-order chi connectivity index (χ0) is 15.0. The van der Waals surface area contributed by atoms with E-state index < -0.39 is 0 Å². The van der Waals surface area contributed by atoms with E-state index in [9.17, 15) is 4.79 Å². The summed E-state index contributed by atoms with van der Waals surface area (Å²) in [4.78, 5) is 18.0. The van der Waals surface area contributed by atoms with Crippen LogP contribution in [0.4, 0.5) is 10.5 Å². The smallest absolute Gasteiger partial charge is 0.413 e. The van der Waals surface area contributed by atoms with Crippen LogP contribution >= 0.6 is 0 Å². The van der Waals surface area contributed by atoms with Crippen LogP contribution in [0.25, 0.3) is 0 Å². The average Bonchev–Trinajstić information content (AvgIpc) is 2.85. The lowest BCUT2D eigenvalue weighted by Gasteiger charge is -2.32. The zero-order valence-corrected chi connectivity index (χ0v) is 12.7. The number of amides is 1. The summed E-state index contributed by atoms with van der Waals surface area (Å²) in [6.45, 7) is 2.57. The van der Waals surface area contributed by atoms with Crippen LogP contribution in [-0.4, -0.2) is 38.3 Å². The Kier molecular flexibility index (Phi) is 3.35. The minimum atomic E-state index is -0.346. The van der Waals surface area contributed by atoms with E-state index in [-0.39, 0.29) is 11.6 Å². The Balaban J connectivity index is 1.93. The number of carbonyl (C=O) groups is 1. The van der Waals surface area contributed by atoms with Crippen LogP contribution in [0.3, 0.4) is 0 Å². The summed E-state index contributed by atoms with van der Waals surface area (Å²) < 4.78 is 10.4. The Morgan fingerprint density at radius 1 is 1.48 bits per heavy atom. The molecular weight excluding hydrogens is 268 g/mol. The van der Waals surface area contributed by atoms with Crippen LogP contribution in [0, 0.1) is 0 Å². The molecule has 1 heterocycles. The highest BCUT2D eigenvalue weighted by Crippen LogP contribution is 2.38. The van der Waals surface area contributed by atoms with Gasteiger partial charge in [0.15, 0.2) is 5.90 Å². The van der Waals surface area contributed by atoms with Gasteiger partial charge in [0.2, 0.25) is 0 Å². The van der Waals surface area contributed by atoms with Crippen molar-refractivity contribution in [1.29, 1.82) is 0 Å². The van der Waals surface area contributed by atoms with Gasteiger partial charge in [0, 0.05) is 20.4 Å². The number of fused-ring (bicyclic) bond motifs is 1. The maximum atomic E-state index is 11.8. The van der Waals surface area contributed by atoms with Crippen molar-refractivity contribution < 1.29 is 14.3 Å². The van der Waals surface area contributed by atoms with Crippen molar-refractivity contribution in [3.05, 3.63) is 29.3 Å². The first kappa shape index (κ1) is 13.9. The second-order valence-corrected chi connectivity index (χ2v) is 5.76. The van der Waals surface area contributed by atoms with Gasteiger partial charge in [0.1, 0.15) is 12.1 Å². The van der Waals surface area contributed by atoms with Gasteiger partial charge in [0.25, 0.3) is 0 Å². The number of ether oxygens (including phenoxy) is 2. The number of benzene rings is 1. The monoisotopic (exact) mass is 288 g/mol. The molecule has 1 unspecified atom stereocenters. The number of methoxy groups -OCH3 is 1. The molecule has 0 bridgehead atoms. The first-order chi connectivity index (χ1) is 10.0. The van der Waals surface area contributed by atoms with E-state index >= 15 is 0 Å². The molecule has 112 valence electrons. The van der Waals surface area contributed by atoms with Gasteiger partial charge in [-0.25, -0.2) is 9.79 Å². The minimum Gasteiger partial charge on any atom is -0.479 e. The third-order valence-corrected chi connectivity index (χ3v) is 4.36. The standard InChI is InChI=1S/C16H20N2O3/c1-11-17-16(10-21-11)8-7-13-12(9-16)5-4-6-14(13)18(2)15(19)20-3/h4-6H,7-10H2,1-3H3. The maximum absolute atomic E-state index is 11.8. The highest BCUT2D eigenvalue weighted by atomic mass is 16.5. The van der Waals surface area contributed by atoms with Crippen LogP contribution in [0.2, 0.25) is 0 Å². The van der Waals surface area contributed by atoms with Crippen LogP contribution in [-0.2, 0) is 22.3 Å². The van der Waals surface area contributed by atoms with E-state index in [1.54, 1.807) is 11.9 Å². The number of anilines is 1. The fourth-order valence-electron chi connectivity index (χ4n) is 3.28. The number of aliphatic imine (C=N–C) groups is 1. The summed E-state index contributed by atoms with van der Waals surface area (Å²) in [5.41, 5.74) is 3.28. The fraction of sp³-hybridized carbons (Fsp3) is 0.500. The average molecular weight is 288 g/mol. The molecule has 1 aliphatic heterocycles. The molecule has 2 aliphatic rings. The van der Waals surface area contributed by atoms with Gasteiger partial charge in [-0.2, -0.15) is 0 Å². The number of nitrogens with zero attached hydrogens (tertiary/aromatic N) is 2. The Labute approximate surface area is 124 Å². The van der Waals surface area contributed by atoms with E-state index in [1.165, 1.54) is 18.2 Å². The molecule has 21 heavy (non-hydrogen) atoms. The third kappa shape index (κ3) is 2.37. The highest BCUT2D eigenvalue weighted by Gasteiger charge is 2.39. The lowest BCUT2D eigenvalue weighted by atomic mass is 9.78. The normalized spacial score (nSPS) is 23.3.